The highest BCUT2D eigenvalue weighted by Crippen LogP contribution is 2.32. The fourth-order valence-corrected chi connectivity index (χ4v) is 4.42. The number of halogens is 1. The molecule has 1 atom stereocenters. The topological polar surface area (TPSA) is 43.9 Å². The minimum Gasteiger partial charge on any atom is -0.342 e. The maximum atomic E-state index is 13.1. The molecule has 3 aliphatic rings. The summed E-state index contributed by atoms with van der Waals surface area (Å²) in [6.07, 6.45) is 4.81. The van der Waals surface area contributed by atoms with Crippen LogP contribution in [0.3, 0.4) is 0 Å². The summed E-state index contributed by atoms with van der Waals surface area (Å²) in [5.41, 5.74) is 1.10. The van der Waals surface area contributed by atoms with Crippen LogP contribution in [0.5, 0.6) is 0 Å². The number of benzene rings is 1. The van der Waals surface area contributed by atoms with Gasteiger partial charge in [0, 0.05) is 51.7 Å². The molecule has 2 heterocycles. The van der Waals surface area contributed by atoms with Crippen molar-refractivity contribution in [2.75, 3.05) is 39.3 Å². The van der Waals surface area contributed by atoms with Gasteiger partial charge in [0.25, 0.3) is 0 Å². The average molecular weight is 387 g/mol. The van der Waals surface area contributed by atoms with Crippen LogP contribution in [0, 0.1) is 17.7 Å². The van der Waals surface area contributed by atoms with Crippen molar-refractivity contribution in [3.05, 3.63) is 35.6 Å². The first-order valence-corrected chi connectivity index (χ1v) is 10.6. The Labute approximate surface area is 166 Å². The monoisotopic (exact) mass is 387 g/mol. The van der Waals surface area contributed by atoms with E-state index in [0.717, 1.165) is 76.9 Å². The van der Waals surface area contributed by atoms with Crippen molar-refractivity contribution in [2.24, 2.45) is 11.8 Å². The molecule has 1 aliphatic carbocycles. The third-order valence-corrected chi connectivity index (χ3v) is 6.23. The second-order valence-electron chi connectivity index (χ2n) is 8.48. The standard InChI is InChI=1S/C22H30FN3O2/c23-20-8-4-17(5-9-20)15-24-10-2-12-25(14-13-24)22(28)19-3-1-11-26(16-19)21(27)18-6-7-18/h4-5,8-9,18-19H,1-3,6-7,10-16H2. The summed E-state index contributed by atoms with van der Waals surface area (Å²) in [6, 6.07) is 6.66. The number of nitrogens with zero attached hydrogens (tertiary/aromatic N) is 3. The van der Waals surface area contributed by atoms with Crippen LogP contribution in [0.15, 0.2) is 24.3 Å². The third kappa shape index (κ3) is 4.72. The highest BCUT2D eigenvalue weighted by Gasteiger charge is 2.37. The van der Waals surface area contributed by atoms with Gasteiger partial charge in [-0.25, -0.2) is 4.39 Å². The van der Waals surface area contributed by atoms with Gasteiger partial charge in [-0.3, -0.25) is 14.5 Å². The number of hydrogen-bond acceptors (Lipinski definition) is 3. The minimum atomic E-state index is -0.210. The number of likely N-dealkylation sites (tertiary alicyclic amines) is 1. The second-order valence-corrected chi connectivity index (χ2v) is 8.48. The van der Waals surface area contributed by atoms with Crippen molar-refractivity contribution in [3.63, 3.8) is 0 Å². The van der Waals surface area contributed by atoms with Gasteiger partial charge < -0.3 is 9.80 Å². The predicted molar refractivity (Wildman–Crippen MR) is 105 cm³/mol. The van der Waals surface area contributed by atoms with Crippen molar-refractivity contribution in [2.45, 2.75) is 38.6 Å². The lowest BCUT2D eigenvalue weighted by atomic mass is 9.96. The highest BCUT2D eigenvalue weighted by molar-refractivity contribution is 5.83. The number of hydrogen-bond donors (Lipinski definition) is 0. The van der Waals surface area contributed by atoms with E-state index in [2.05, 4.69) is 4.90 Å². The Morgan fingerprint density at radius 2 is 1.54 bits per heavy atom. The molecule has 1 aromatic carbocycles. The first-order chi connectivity index (χ1) is 13.6. The largest absolute Gasteiger partial charge is 0.342 e. The van der Waals surface area contributed by atoms with Crippen LogP contribution in [-0.4, -0.2) is 65.8 Å². The molecule has 4 rings (SSSR count). The molecule has 5 nitrogen and oxygen atoms in total. The molecule has 2 saturated heterocycles. The highest BCUT2D eigenvalue weighted by atomic mass is 19.1. The van der Waals surface area contributed by atoms with Crippen molar-refractivity contribution < 1.29 is 14.0 Å². The zero-order chi connectivity index (χ0) is 19.5. The van der Waals surface area contributed by atoms with Crippen LogP contribution in [-0.2, 0) is 16.1 Å². The van der Waals surface area contributed by atoms with Crippen molar-refractivity contribution in [3.8, 4) is 0 Å². The molecule has 0 spiro atoms. The summed E-state index contributed by atoms with van der Waals surface area (Å²) < 4.78 is 13.1. The Balaban J connectivity index is 1.30. The van der Waals surface area contributed by atoms with E-state index in [0.29, 0.717) is 6.54 Å². The van der Waals surface area contributed by atoms with E-state index < -0.39 is 0 Å². The van der Waals surface area contributed by atoms with Gasteiger partial charge in [0.15, 0.2) is 0 Å². The summed E-state index contributed by atoms with van der Waals surface area (Å²) in [6.45, 7) is 5.49. The molecule has 0 bridgehead atoms. The van der Waals surface area contributed by atoms with E-state index in [1.807, 2.05) is 21.9 Å². The smallest absolute Gasteiger partial charge is 0.227 e. The molecular weight excluding hydrogens is 357 g/mol. The molecule has 2 amide bonds. The third-order valence-electron chi connectivity index (χ3n) is 6.23. The van der Waals surface area contributed by atoms with E-state index >= 15 is 0 Å². The Morgan fingerprint density at radius 1 is 0.821 bits per heavy atom. The molecule has 0 radical (unpaired) electrons. The minimum absolute atomic E-state index is 0.0416. The van der Waals surface area contributed by atoms with Gasteiger partial charge in [0.1, 0.15) is 5.82 Å². The molecule has 1 aromatic rings. The first kappa shape index (κ1) is 19.4. The van der Waals surface area contributed by atoms with Gasteiger partial charge in [-0.15, -0.1) is 0 Å². The van der Waals surface area contributed by atoms with Crippen LogP contribution >= 0.6 is 0 Å². The summed E-state index contributed by atoms with van der Waals surface area (Å²) in [7, 11) is 0. The molecule has 152 valence electrons. The maximum absolute atomic E-state index is 13.1. The summed E-state index contributed by atoms with van der Waals surface area (Å²) in [5, 5.41) is 0. The van der Waals surface area contributed by atoms with Gasteiger partial charge >= 0.3 is 0 Å². The molecule has 0 N–H and O–H groups in total. The molecule has 1 saturated carbocycles. The molecule has 3 fully saturated rings. The number of carbonyl (C=O) groups is 2. The van der Waals surface area contributed by atoms with Crippen LogP contribution in [0.1, 0.15) is 37.7 Å². The fraction of sp³-hybridized carbons (Fsp3) is 0.636. The van der Waals surface area contributed by atoms with Gasteiger partial charge in [-0.1, -0.05) is 12.1 Å². The average Bonchev–Trinajstić information content (AvgIpc) is 3.57. The SMILES string of the molecule is O=C(C1CCCN(C(=O)C2CC2)C1)N1CCCN(Cc2ccc(F)cc2)CC1. The van der Waals surface area contributed by atoms with E-state index in [1.165, 1.54) is 12.1 Å². The van der Waals surface area contributed by atoms with E-state index in [4.69, 9.17) is 0 Å². The lowest BCUT2D eigenvalue weighted by Crippen LogP contribution is -2.47. The second kappa shape index (κ2) is 8.60. The van der Waals surface area contributed by atoms with Crippen LogP contribution in [0.2, 0.25) is 0 Å². The molecular formula is C22H30FN3O2. The number of piperidine rings is 1. The van der Waals surface area contributed by atoms with Gasteiger partial charge in [0.05, 0.1) is 5.92 Å². The Kier molecular flexibility index (Phi) is 5.95. The van der Waals surface area contributed by atoms with Gasteiger partial charge in [0.2, 0.25) is 11.8 Å². The lowest BCUT2D eigenvalue weighted by molar-refractivity contribution is -0.141. The fourth-order valence-electron chi connectivity index (χ4n) is 4.42. The molecule has 1 unspecified atom stereocenters. The van der Waals surface area contributed by atoms with Crippen molar-refractivity contribution >= 4 is 11.8 Å². The van der Waals surface area contributed by atoms with E-state index in [1.54, 1.807) is 0 Å². The summed E-state index contributed by atoms with van der Waals surface area (Å²) in [4.78, 5) is 31.7. The Morgan fingerprint density at radius 3 is 2.29 bits per heavy atom. The van der Waals surface area contributed by atoms with Crippen LogP contribution in [0.25, 0.3) is 0 Å². The maximum Gasteiger partial charge on any atom is 0.227 e. The zero-order valence-electron chi connectivity index (χ0n) is 16.5. The molecule has 6 heteroatoms. The van der Waals surface area contributed by atoms with E-state index in [-0.39, 0.29) is 29.5 Å². The predicted octanol–water partition coefficient (Wildman–Crippen LogP) is 2.51. The first-order valence-electron chi connectivity index (χ1n) is 10.6. The summed E-state index contributed by atoms with van der Waals surface area (Å²) >= 11 is 0. The molecule has 28 heavy (non-hydrogen) atoms. The van der Waals surface area contributed by atoms with Crippen LogP contribution < -0.4 is 0 Å². The van der Waals surface area contributed by atoms with Crippen LogP contribution in [0.4, 0.5) is 4.39 Å². The van der Waals surface area contributed by atoms with Gasteiger partial charge in [-0.2, -0.15) is 0 Å². The van der Waals surface area contributed by atoms with Gasteiger partial charge in [-0.05, 0) is 49.8 Å². The zero-order valence-corrected chi connectivity index (χ0v) is 16.5. The quantitative estimate of drug-likeness (QED) is 0.797. The van der Waals surface area contributed by atoms with Crippen molar-refractivity contribution in [1.29, 1.82) is 0 Å². The molecule has 2 aliphatic heterocycles. The Bertz CT molecular complexity index is 704. The lowest BCUT2D eigenvalue weighted by Gasteiger charge is -2.35. The van der Waals surface area contributed by atoms with Crippen molar-refractivity contribution in [1.82, 2.24) is 14.7 Å². The summed E-state index contributed by atoms with van der Waals surface area (Å²) in [5.74, 6) is 0.459. The number of carbonyl (C=O) groups excluding carboxylic acids is 2. The molecule has 0 aromatic heterocycles. The van der Waals surface area contributed by atoms with E-state index in [9.17, 15) is 14.0 Å². The normalized spacial score (nSPS) is 24.1. The number of rotatable bonds is 4. The Hall–Kier alpha value is -1.95. The number of amides is 2.